The molecule has 0 unspecified atom stereocenters. The number of hydrogen-bond donors (Lipinski definition) is 3. The quantitative estimate of drug-likeness (QED) is 0.142. The maximum absolute atomic E-state index is 16.6. The van der Waals surface area contributed by atoms with E-state index in [1.165, 1.54) is 6.07 Å². The SMILES string of the molecule is C=CCNC(=O)Cn1c(-c2ccc(OCc3cc(N4CCCC4=O)ccc3N3CCNCC3)cc2F)c(C2CCCCC2)c2ccc(C(=O)O)cc21. The molecular weight excluding hydrogens is 661 g/mol. The molecule has 52 heavy (non-hydrogen) atoms. The van der Waals surface area contributed by atoms with E-state index < -0.39 is 11.8 Å². The molecule has 272 valence electrons. The number of rotatable bonds is 12. The van der Waals surface area contributed by atoms with Gasteiger partial charge >= 0.3 is 5.97 Å². The molecule has 0 bridgehead atoms. The molecule has 1 saturated carbocycles. The molecule has 3 fully saturated rings. The van der Waals surface area contributed by atoms with E-state index in [9.17, 15) is 19.5 Å². The molecule has 4 aromatic rings. The van der Waals surface area contributed by atoms with E-state index in [1.54, 1.807) is 41.0 Å². The van der Waals surface area contributed by atoms with Crippen molar-refractivity contribution in [2.75, 3.05) is 49.1 Å². The van der Waals surface area contributed by atoms with Gasteiger partial charge in [-0.25, -0.2) is 9.18 Å². The van der Waals surface area contributed by atoms with Gasteiger partial charge in [0, 0.05) is 79.6 Å². The van der Waals surface area contributed by atoms with Gasteiger partial charge in [-0.2, -0.15) is 0 Å². The van der Waals surface area contributed by atoms with Crippen LogP contribution in [0.25, 0.3) is 22.2 Å². The minimum Gasteiger partial charge on any atom is -0.489 e. The molecule has 1 aromatic heterocycles. The van der Waals surface area contributed by atoms with E-state index in [2.05, 4.69) is 28.2 Å². The fourth-order valence-corrected chi connectivity index (χ4v) is 8.08. The molecule has 3 aromatic carbocycles. The number of piperazine rings is 1. The normalized spacial score (nSPS) is 16.8. The smallest absolute Gasteiger partial charge is 0.335 e. The summed E-state index contributed by atoms with van der Waals surface area (Å²) in [6, 6.07) is 15.9. The number of nitrogens with zero attached hydrogens (tertiary/aromatic N) is 3. The highest BCUT2D eigenvalue weighted by atomic mass is 19.1. The Morgan fingerprint density at radius 2 is 1.81 bits per heavy atom. The predicted octanol–water partition coefficient (Wildman–Crippen LogP) is 6.61. The maximum Gasteiger partial charge on any atom is 0.335 e. The second-order valence-electron chi connectivity index (χ2n) is 13.9. The summed E-state index contributed by atoms with van der Waals surface area (Å²) >= 11 is 0. The third-order valence-electron chi connectivity index (χ3n) is 10.6. The van der Waals surface area contributed by atoms with Crippen molar-refractivity contribution in [2.45, 2.75) is 64.0 Å². The van der Waals surface area contributed by atoms with E-state index in [-0.39, 0.29) is 43.0 Å². The lowest BCUT2D eigenvalue weighted by molar-refractivity contribution is -0.121. The third kappa shape index (κ3) is 7.27. The van der Waals surface area contributed by atoms with Crippen molar-refractivity contribution in [2.24, 2.45) is 0 Å². The second-order valence-corrected chi connectivity index (χ2v) is 13.9. The van der Waals surface area contributed by atoms with Crippen LogP contribution >= 0.6 is 0 Å². The van der Waals surface area contributed by atoms with Crippen molar-refractivity contribution in [3.05, 3.63) is 89.8 Å². The van der Waals surface area contributed by atoms with Crippen molar-refractivity contribution >= 4 is 40.1 Å². The first-order chi connectivity index (χ1) is 25.3. The molecule has 2 aliphatic heterocycles. The van der Waals surface area contributed by atoms with Crippen LogP contribution in [-0.2, 0) is 22.7 Å². The van der Waals surface area contributed by atoms with Crippen LogP contribution in [-0.4, -0.2) is 66.7 Å². The lowest BCUT2D eigenvalue weighted by Gasteiger charge is -2.32. The highest BCUT2D eigenvalue weighted by molar-refractivity contribution is 5.99. The zero-order valence-electron chi connectivity index (χ0n) is 29.5. The van der Waals surface area contributed by atoms with E-state index in [1.807, 2.05) is 17.0 Å². The monoisotopic (exact) mass is 707 g/mol. The molecule has 3 aliphatic rings. The molecular formula is C41H46FN5O5. The highest BCUT2D eigenvalue weighted by Crippen LogP contribution is 2.45. The van der Waals surface area contributed by atoms with Crippen LogP contribution in [0.5, 0.6) is 5.75 Å². The minimum atomic E-state index is -1.07. The number of benzene rings is 3. The van der Waals surface area contributed by atoms with Gasteiger partial charge < -0.3 is 34.8 Å². The topological polar surface area (TPSA) is 116 Å². The number of nitrogens with one attached hydrogen (secondary N) is 2. The summed E-state index contributed by atoms with van der Waals surface area (Å²) in [5.41, 5.74) is 5.34. The lowest BCUT2D eigenvalue weighted by atomic mass is 9.81. The summed E-state index contributed by atoms with van der Waals surface area (Å²) in [5, 5.41) is 16.9. The molecule has 11 heteroatoms. The van der Waals surface area contributed by atoms with Crippen LogP contribution in [0, 0.1) is 5.82 Å². The molecule has 0 atom stereocenters. The van der Waals surface area contributed by atoms with Crippen molar-refractivity contribution < 1.29 is 28.6 Å². The Morgan fingerprint density at radius 1 is 1.00 bits per heavy atom. The van der Waals surface area contributed by atoms with Crippen molar-refractivity contribution in [3.63, 3.8) is 0 Å². The van der Waals surface area contributed by atoms with Gasteiger partial charge in [-0.15, -0.1) is 6.58 Å². The number of fused-ring (bicyclic) bond motifs is 1. The van der Waals surface area contributed by atoms with Gasteiger partial charge in [0.05, 0.1) is 16.8 Å². The number of anilines is 2. The number of amides is 2. The van der Waals surface area contributed by atoms with E-state index in [0.29, 0.717) is 35.5 Å². The summed E-state index contributed by atoms with van der Waals surface area (Å²) in [7, 11) is 0. The zero-order valence-corrected chi connectivity index (χ0v) is 29.5. The summed E-state index contributed by atoms with van der Waals surface area (Å²) in [6.45, 7) is 8.14. The van der Waals surface area contributed by atoms with E-state index in [4.69, 9.17) is 4.74 Å². The maximum atomic E-state index is 16.6. The molecule has 3 N–H and O–H groups in total. The van der Waals surface area contributed by atoms with E-state index in [0.717, 1.165) is 92.6 Å². The molecule has 0 spiro atoms. The number of aromatic nitrogens is 1. The average Bonchev–Trinajstić information content (AvgIpc) is 3.74. The highest BCUT2D eigenvalue weighted by Gasteiger charge is 2.30. The Bertz CT molecular complexity index is 1990. The average molecular weight is 708 g/mol. The number of aromatic carboxylic acids is 1. The fourth-order valence-electron chi connectivity index (χ4n) is 8.08. The first-order valence-electron chi connectivity index (χ1n) is 18.4. The van der Waals surface area contributed by atoms with Gasteiger partial charge in [0.2, 0.25) is 11.8 Å². The van der Waals surface area contributed by atoms with Gasteiger partial charge in [-0.3, -0.25) is 9.59 Å². The van der Waals surface area contributed by atoms with Crippen molar-refractivity contribution in [1.29, 1.82) is 0 Å². The van der Waals surface area contributed by atoms with Gasteiger partial charge in [0.1, 0.15) is 24.7 Å². The van der Waals surface area contributed by atoms with Crippen LogP contribution in [0.2, 0.25) is 0 Å². The number of carbonyl (C=O) groups excluding carboxylic acids is 2. The Labute approximate surface area is 303 Å². The number of carboxylic acid groups (broad SMARTS) is 1. The van der Waals surface area contributed by atoms with Crippen molar-refractivity contribution in [1.82, 2.24) is 15.2 Å². The van der Waals surface area contributed by atoms with Crippen LogP contribution in [0.4, 0.5) is 15.8 Å². The third-order valence-corrected chi connectivity index (χ3v) is 10.6. The molecule has 3 heterocycles. The van der Waals surface area contributed by atoms with Crippen LogP contribution in [0.3, 0.4) is 0 Å². The first kappa shape index (κ1) is 35.3. The predicted molar refractivity (Wildman–Crippen MR) is 201 cm³/mol. The fraction of sp³-hybridized carbons (Fsp3) is 0.390. The van der Waals surface area contributed by atoms with Crippen LogP contribution in [0.1, 0.15) is 72.3 Å². The molecule has 0 radical (unpaired) electrons. The van der Waals surface area contributed by atoms with Crippen LogP contribution in [0.15, 0.2) is 67.3 Å². The standard InChI is InChI=1S/C41H46FN5O5/c1-2-16-44-37(48)25-47-36-23-28(41(50)51)10-13-33(36)39(27-7-4-3-5-8-27)40(47)32-14-12-31(24-34(32)42)52-26-29-22-30(46-19-6-9-38(46)49)11-15-35(29)45-20-17-43-18-21-45/h2,10-15,22-24,27,43H,1,3-9,16-21,25-26H2,(H,44,48)(H,50,51). The first-order valence-corrected chi connectivity index (χ1v) is 18.4. The Kier molecular flexibility index (Phi) is 10.6. The summed E-state index contributed by atoms with van der Waals surface area (Å²) < 4.78 is 24.7. The lowest BCUT2D eigenvalue weighted by Crippen LogP contribution is -2.44. The minimum absolute atomic E-state index is 0.0991. The molecule has 1 aliphatic carbocycles. The van der Waals surface area contributed by atoms with Crippen LogP contribution < -0.4 is 25.2 Å². The molecule has 2 amide bonds. The van der Waals surface area contributed by atoms with E-state index >= 15 is 4.39 Å². The summed E-state index contributed by atoms with van der Waals surface area (Å²) in [5.74, 6) is -1.25. The van der Waals surface area contributed by atoms with Gasteiger partial charge in [0.25, 0.3) is 0 Å². The van der Waals surface area contributed by atoms with Gasteiger partial charge in [0.15, 0.2) is 0 Å². The number of hydrogen-bond acceptors (Lipinski definition) is 6. The number of ether oxygens (including phenoxy) is 1. The number of halogens is 1. The second kappa shape index (κ2) is 15.6. The van der Waals surface area contributed by atoms with Crippen molar-refractivity contribution in [3.8, 4) is 17.0 Å². The number of carbonyl (C=O) groups is 3. The molecule has 10 nitrogen and oxygen atoms in total. The van der Waals surface area contributed by atoms with Gasteiger partial charge in [-0.1, -0.05) is 31.4 Å². The largest absolute Gasteiger partial charge is 0.489 e. The molecule has 7 rings (SSSR count). The Hall–Kier alpha value is -5.16. The Morgan fingerprint density at radius 3 is 2.52 bits per heavy atom. The summed E-state index contributed by atoms with van der Waals surface area (Å²) in [6.07, 6.45) is 8.04. The Balaban J connectivity index is 1.26. The van der Waals surface area contributed by atoms with Gasteiger partial charge in [-0.05, 0) is 73.2 Å². The number of carboxylic acids is 1. The summed E-state index contributed by atoms with van der Waals surface area (Å²) in [4.78, 5) is 41.9. The molecule has 2 saturated heterocycles. The zero-order chi connectivity index (χ0) is 36.2.